The monoisotopic (exact) mass is 446 g/mol. The van der Waals surface area contributed by atoms with Gasteiger partial charge in [-0.3, -0.25) is 9.59 Å². The maximum atomic E-state index is 13.2. The van der Waals surface area contributed by atoms with Crippen molar-refractivity contribution in [2.75, 3.05) is 12.3 Å². The molecule has 30 heavy (non-hydrogen) atoms. The average Bonchev–Trinajstić information content (AvgIpc) is 2.75. The average molecular weight is 447 g/mol. The molecule has 1 atom stereocenters. The molecule has 2 aromatic carbocycles. The van der Waals surface area contributed by atoms with Gasteiger partial charge in [0.05, 0.1) is 0 Å². The first-order chi connectivity index (χ1) is 14.6. The highest BCUT2D eigenvalue weighted by Gasteiger charge is 2.28. The molecule has 0 aliphatic heterocycles. The lowest BCUT2D eigenvalue weighted by Gasteiger charge is -2.31. The number of amides is 2. The fourth-order valence-corrected chi connectivity index (χ4v) is 4.21. The minimum atomic E-state index is -0.507. The highest BCUT2D eigenvalue weighted by atomic mass is 35.5. The van der Waals surface area contributed by atoms with Crippen molar-refractivity contribution in [2.24, 2.45) is 0 Å². The summed E-state index contributed by atoms with van der Waals surface area (Å²) in [4.78, 5) is 28.8. The van der Waals surface area contributed by atoms with Gasteiger partial charge in [-0.2, -0.15) is 0 Å². The number of hydrogen-bond acceptors (Lipinski definition) is 3. The number of rotatable bonds is 12. The van der Waals surface area contributed by atoms with Gasteiger partial charge in [-0.25, -0.2) is 0 Å². The van der Waals surface area contributed by atoms with E-state index in [1.165, 1.54) is 0 Å². The Morgan fingerprint density at radius 1 is 1.07 bits per heavy atom. The van der Waals surface area contributed by atoms with Gasteiger partial charge >= 0.3 is 0 Å². The molecule has 2 aromatic rings. The molecule has 4 nitrogen and oxygen atoms in total. The molecular formula is C24H31ClN2O2S. The van der Waals surface area contributed by atoms with Gasteiger partial charge in [-0.15, -0.1) is 11.8 Å². The maximum absolute atomic E-state index is 13.2. The Morgan fingerprint density at radius 3 is 2.43 bits per heavy atom. The molecule has 0 radical (unpaired) electrons. The van der Waals surface area contributed by atoms with Crippen LogP contribution >= 0.6 is 23.4 Å². The molecule has 0 saturated heterocycles. The van der Waals surface area contributed by atoms with Crippen molar-refractivity contribution in [3.8, 4) is 0 Å². The number of thioether (sulfide) groups is 1. The highest BCUT2D eigenvalue weighted by molar-refractivity contribution is 7.99. The van der Waals surface area contributed by atoms with Gasteiger partial charge in [0.1, 0.15) is 6.04 Å². The third-order valence-electron chi connectivity index (χ3n) is 4.84. The van der Waals surface area contributed by atoms with E-state index in [1.54, 1.807) is 16.7 Å². The van der Waals surface area contributed by atoms with E-state index in [0.717, 1.165) is 23.3 Å². The molecule has 162 valence electrons. The normalized spacial score (nSPS) is 11.7. The van der Waals surface area contributed by atoms with Crippen LogP contribution in [0, 0.1) is 0 Å². The molecule has 2 amide bonds. The molecule has 0 aliphatic carbocycles. The summed E-state index contributed by atoms with van der Waals surface area (Å²) in [5.41, 5.74) is 0.850. The summed E-state index contributed by atoms with van der Waals surface area (Å²) in [6.07, 6.45) is 2.85. The Hall–Kier alpha value is -1.98. The first-order valence-corrected chi connectivity index (χ1v) is 11.9. The summed E-state index contributed by atoms with van der Waals surface area (Å²) in [5.74, 6) is 0.536. The fraction of sp³-hybridized carbons (Fsp3) is 0.417. The minimum Gasteiger partial charge on any atom is -0.354 e. The molecule has 1 N–H and O–H groups in total. The van der Waals surface area contributed by atoms with Crippen LogP contribution in [0.4, 0.5) is 0 Å². The van der Waals surface area contributed by atoms with Crippen molar-refractivity contribution in [1.29, 1.82) is 0 Å². The Bertz CT molecular complexity index is 801. The Morgan fingerprint density at radius 2 is 1.77 bits per heavy atom. The summed E-state index contributed by atoms with van der Waals surface area (Å²) in [7, 11) is 0. The van der Waals surface area contributed by atoms with Crippen molar-refractivity contribution in [3.63, 3.8) is 0 Å². The molecule has 1 unspecified atom stereocenters. The number of halogens is 1. The first kappa shape index (κ1) is 24.3. The lowest BCUT2D eigenvalue weighted by Crippen LogP contribution is -2.49. The van der Waals surface area contributed by atoms with E-state index in [9.17, 15) is 9.59 Å². The second kappa shape index (κ2) is 13.3. The van der Waals surface area contributed by atoms with Gasteiger partial charge in [0.15, 0.2) is 0 Å². The van der Waals surface area contributed by atoms with Crippen LogP contribution in [0.25, 0.3) is 0 Å². The van der Waals surface area contributed by atoms with Gasteiger partial charge in [0.2, 0.25) is 11.8 Å². The van der Waals surface area contributed by atoms with Crippen molar-refractivity contribution in [3.05, 3.63) is 65.2 Å². The van der Waals surface area contributed by atoms with E-state index in [2.05, 4.69) is 12.2 Å². The Labute approximate surface area is 189 Å². The van der Waals surface area contributed by atoms with Gasteiger partial charge in [-0.05, 0) is 36.6 Å². The lowest BCUT2D eigenvalue weighted by molar-refractivity contribution is -0.141. The third-order valence-corrected chi connectivity index (χ3v) is 6.22. The van der Waals surface area contributed by atoms with Crippen LogP contribution < -0.4 is 5.32 Å². The lowest BCUT2D eigenvalue weighted by atomic mass is 10.1. The van der Waals surface area contributed by atoms with Crippen LogP contribution in [0.5, 0.6) is 0 Å². The fourth-order valence-electron chi connectivity index (χ4n) is 3.15. The maximum Gasteiger partial charge on any atom is 0.242 e. The van der Waals surface area contributed by atoms with E-state index >= 15 is 0 Å². The van der Waals surface area contributed by atoms with Gasteiger partial charge in [0, 0.05) is 35.2 Å². The predicted molar refractivity (Wildman–Crippen MR) is 126 cm³/mol. The van der Waals surface area contributed by atoms with E-state index in [-0.39, 0.29) is 11.8 Å². The number of nitrogens with one attached hydrogen (secondary N) is 1. The number of carbonyl (C=O) groups is 2. The molecule has 2 rings (SSSR count). The summed E-state index contributed by atoms with van der Waals surface area (Å²) in [5, 5.41) is 3.59. The smallest absolute Gasteiger partial charge is 0.242 e. The predicted octanol–water partition coefficient (Wildman–Crippen LogP) is 5.55. The second-order valence-corrected chi connectivity index (χ2v) is 8.67. The quantitative estimate of drug-likeness (QED) is 0.343. The Balaban J connectivity index is 2.11. The minimum absolute atomic E-state index is 0.0316. The summed E-state index contributed by atoms with van der Waals surface area (Å²) in [6.45, 7) is 4.98. The largest absolute Gasteiger partial charge is 0.354 e. The SMILES string of the molecule is CCCCNC(=O)C(CC)N(Cc1ccccc1Cl)C(=O)CCSc1ccccc1. The molecule has 0 aromatic heterocycles. The summed E-state index contributed by atoms with van der Waals surface area (Å²) < 4.78 is 0. The van der Waals surface area contributed by atoms with Gasteiger partial charge in [-0.1, -0.05) is 68.3 Å². The molecule has 0 fully saturated rings. The highest BCUT2D eigenvalue weighted by Crippen LogP contribution is 2.22. The van der Waals surface area contributed by atoms with Gasteiger partial charge < -0.3 is 10.2 Å². The number of benzene rings is 2. The van der Waals surface area contributed by atoms with Crippen molar-refractivity contribution in [1.82, 2.24) is 10.2 Å². The number of hydrogen-bond donors (Lipinski definition) is 1. The summed E-state index contributed by atoms with van der Waals surface area (Å²) >= 11 is 7.99. The summed E-state index contributed by atoms with van der Waals surface area (Å²) in [6, 6.07) is 17.0. The van der Waals surface area contributed by atoms with Crippen LogP contribution in [-0.2, 0) is 16.1 Å². The number of carbonyl (C=O) groups excluding carboxylic acids is 2. The van der Waals surface area contributed by atoms with Crippen LogP contribution in [0.15, 0.2) is 59.5 Å². The zero-order valence-electron chi connectivity index (χ0n) is 17.8. The molecule has 0 saturated carbocycles. The molecule has 0 heterocycles. The number of nitrogens with zero attached hydrogens (tertiary/aromatic N) is 1. The van der Waals surface area contributed by atoms with Gasteiger partial charge in [0.25, 0.3) is 0 Å². The van der Waals surface area contributed by atoms with E-state index in [4.69, 9.17) is 11.6 Å². The van der Waals surface area contributed by atoms with Crippen molar-refractivity contribution < 1.29 is 9.59 Å². The zero-order valence-corrected chi connectivity index (χ0v) is 19.3. The van der Waals surface area contributed by atoms with Crippen molar-refractivity contribution >= 4 is 35.2 Å². The first-order valence-electron chi connectivity index (χ1n) is 10.5. The second-order valence-electron chi connectivity index (χ2n) is 7.09. The van der Waals surface area contributed by atoms with Crippen LogP contribution in [0.3, 0.4) is 0 Å². The van der Waals surface area contributed by atoms with Crippen molar-refractivity contribution in [2.45, 2.75) is 57.0 Å². The Kier molecular flexibility index (Phi) is 10.8. The van der Waals surface area contributed by atoms with Crippen LogP contribution in [-0.4, -0.2) is 35.1 Å². The molecule has 6 heteroatoms. The van der Waals surface area contributed by atoms with E-state index in [0.29, 0.717) is 36.7 Å². The standard InChI is InChI=1S/C24H31ClN2O2S/c1-3-5-16-26-24(29)22(4-2)27(18-19-11-9-10-14-21(19)25)23(28)15-17-30-20-12-7-6-8-13-20/h6-14,22H,3-5,15-18H2,1-2H3,(H,26,29). The molecular weight excluding hydrogens is 416 g/mol. The number of unbranched alkanes of at least 4 members (excludes halogenated alkanes) is 1. The molecule has 0 aliphatic rings. The zero-order chi connectivity index (χ0) is 21.8. The van der Waals surface area contributed by atoms with E-state index < -0.39 is 6.04 Å². The molecule has 0 spiro atoms. The third kappa shape index (κ3) is 7.69. The molecule has 0 bridgehead atoms. The topological polar surface area (TPSA) is 49.4 Å². The van der Waals surface area contributed by atoms with E-state index in [1.807, 2.05) is 61.5 Å². The van der Waals surface area contributed by atoms with Crippen LogP contribution in [0.1, 0.15) is 45.1 Å². The van der Waals surface area contributed by atoms with Crippen LogP contribution in [0.2, 0.25) is 5.02 Å².